The first-order valence-corrected chi connectivity index (χ1v) is 9.39. The monoisotopic (exact) mass is 413 g/mol. The number of nitrogens with zero attached hydrogens (tertiary/aromatic N) is 2. The Labute approximate surface area is 167 Å². The lowest BCUT2D eigenvalue weighted by molar-refractivity contribution is -0.274. The van der Waals surface area contributed by atoms with Gasteiger partial charge in [0.25, 0.3) is 0 Å². The summed E-state index contributed by atoms with van der Waals surface area (Å²) in [5, 5.41) is 3.95. The predicted octanol–water partition coefficient (Wildman–Crippen LogP) is 4.30. The van der Waals surface area contributed by atoms with Crippen molar-refractivity contribution in [2.24, 2.45) is 0 Å². The van der Waals surface area contributed by atoms with E-state index in [1.165, 1.54) is 12.1 Å². The highest BCUT2D eigenvalue weighted by Gasteiger charge is 2.31. The molecule has 1 fully saturated rings. The number of anilines is 1. The molecule has 0 spiro atoms. The lowest BCUT2D eigenvalue weighted by Crippen LogP contribution is -2.45. The Morgan fingerprint density at radius 2 is 1.71 bits per heavy atom. The molecule has 1 atom stereocenters. The predicted molar refractivity (Wildman–Crippen MR) is 105 cm³/mol. The van der Waals surface area contributed by atoms with Gasteiger partial charge in [-0.1, -0.05) is 29.8 Å². The molecule has 1 saturated heterocycles. The Morgan fingerprint density at radius 1 is 1.07 bits per heavy atom. The van der Waals surface area contributed by atoms with E-state index < -0.39 is 6.36 Å². The number of rotatable bonds is 5. The Bertz CT molecular complexity index is 790. The lowest BCUT2D eigenvalue weighted by Gasteiger charge is -2.36. The van der Waals surface area contributed by atoms with Gasteiger partial charge in [0.1, 0.15) is 5.75 Å². The Hall–Kier alpha value is -1.96. The minimum Gasteiger partial charge on any atom is -0.406 e. The molecule has 4 nitrogen and oxygen atoms in total. The molecule has 0 aliphatic carbocycles. The Kier molecular flexibility index (Phi) is 6.37. The van der Waals surface area contributed by atoms with Crippen molar-refractivity contribution in [3.8, 4) is 5.75 Å². The molecule has 0 amide bonds. The van der Waals surface area contributed by atoms with Gasteiger partial charge < -0.3 is 15.0 Å². The molecule has 3 rings (SSSR count). The normalized spacial score (nSPS) is 16.6. The van der Waals surface area contributed by atoms with Crippen LogP contribution in [0.3, 0.4) is 0 Å². The van der Waals surface area contributed by atoms with Crippen LogP contribution < -0.4 is 15.0 Å². The fourth-order valence-corrected chi connectivity index (χ4v) is 3.67. The van der Waals surface area contributed by atoms with Crippen LogP contribution in [0.2, 0.25) is 5.02 Å². The summed E-state index contributed by atoms with van der Waals surface area (Å²) < 4.78 is 41.4. The van der Waals surface area contributed by atoms with Crippen LogP contribution in [-0.2, 0) is 0 Å². The van der Waals surface area contributed by atoms with Gasteiger partial charge >= 0.3 is 6.36 Å². The molecule has 2 aromatic rings. The van der Waals surface area contributed by atoms with Gasteiger partial charge in [-0.3, -0.25) is 4.90 Å². The smallest absolute Gasteiger partial charge is 0.406 e. The van der Waals surface area contributed by atoms with Crippen molar-refractivity contribution in [1.29, 1.82) is 0 Å². The molecule has 1 aliphatic heterocycles. The van der Waals surface area contributed by atoms with E-state index in [1.54, 1.807) is 12.1 Å². The van der Waals surface area contributed by atoms with Crippen molar-refractivity contribution in [1.82, 2.24) is 10.2 Å². The van der Waals surface area contributed by atoms with E-state index in [0.717, 1.165) is 43.0 Å². The number of halogens is 4. The largest absolute Gasteiger partial charge is 0.573 e. The maximum Gasteiger partial charge on any atom is 0.573 e. The second kappa shape index (κ2) is 8.59. The van der Waals surface area contributed by atoms with E-state index >= 15 is 0 Å². The number of hydrogen-bond donors (Lipinski definition) is 1. The first kappa shape index (κ1) is 20.8. The van der Waals surface area contributed by atoms with Gasteiger partial charge in [0.15, 0.2) is 0 Å². The average Bonchev–Trinajstić information content (AvgIpc) is 2.64. The van der Waals surface area contributed by atoms with Crippen LogP contribution in [0.1, 0.15) is 17.2 Å². The van der Waals surface area contributed by atoms with Crippen molar-refractivity contribution in [3.63, 3.8) is 0 Å². The van der Waals surface area contributed by atoms with Crippen molar-refractivity contribution < 1.29 is 17.9 Å². The molecule has 1 aliphatic rings. The molecule has 0 unspecified atom stereocenters. The van der Waals surface area contributed by atoms with Crippen LogP contribution >= 0.6 is 11.6 Å². The molecular weight excluding hydrogens is 391 g/mol. The third-order valence-corrected chi connectivity index (χ3v) is 5.07. The highest BCUT2D eigenvalue weighted by Crippen LogP contribution is 2.36. The molecule has 2 aromatic carbocycles. The van der Waals surface area contributed by atoms with E-state index in [1.807, 2.05) is 37.2 Å². The highest BCUT2D eigenvalue weighted by atomic mass is 35.5. The zero-order valence-electron chi connectivity index (χ0n) is 15.8. The zero-order valence-corrected chi connectivity index (χ0v) is 16.5. The van der Waals surface area contributed by atoms with E-state index in [-0.39, 0.29) is 11.8 Å². The SMILES string of the molecule is CN(C)c1ccc([C@H](c2ccc(OC(F)(F)F)cc2)N2CCNCC2)c(Cl)c1. The summed E-state index contributed by atoms with van der Waals surface area (Å²) in [6, 6.07) is 11.8. The minimum absolute atomic E-state index is 0.147. The number of nitrogens with one attached hydrogen (secondary N) is 1. The highest BCUT2D eigenvalue weighted by molar-refractivity contribution is 6.31. The number of alkyl halides is 3. The molecule has 28 heavy (non-hydrogen) atoms. The molecule has 152 valence electrons. The summed E-state index contributed by atoms with van der Waals surface area (Å²) in [4.78, 5) is 4.26. The fourth-order valence-electron chi connectivity index (χ4n) is 3.40. The minimum atomic E-state index is -4.70. The van der Waals surface area contributed by atoms with Gasteiger partial charge in [-0.25, -0.2) is 0 Å². The standard InChI is InChI=1S/C20H23ClF3N3O/c1-26(2)15-5-8-17(18(21)13-15)19(27-11-9-25-10-12-27)14-3-6-16(7-4-14)28-20(22,23)24/h3-8,13,19,25H,9-12H2,1-2H3/t19-/m0/s1. The molecule has 0 bridgehead atoms. The van der Waals surface area contributed by atoms with Gasteiger partial charge in [0.2, 0.25) is 0 Å². The Balaban J connectivity index is 1.96. The molecule has 8 heteroatoms. The maximum atomic E-state index is 12.5. The van der Waals surface area contributed by atoms with Crippen molar-refractivity contribution in [2.75, 3.05) is 45.2 Å². The zero-order chi connectivity index (χ0) is 20.3. The van der Waals surface area contributed by atoms with Gasteiger partial charge in [-0.15, -0.1) is 13.2 Å². The summed E-state index contributed by atoms with van der Waals surface area (Å²) in [5.41, 5.74) is 2.79. The average molecular weight is 414 g/mol. The van der Waals surface area contributed by atoms with E-state index in [9.17, 15) is 13.2 Å². The third-order valence-electron chi connectivity index (χ3n) is 4.74. The number of benzene rings is 2. The summed E-state index contributed by atoms with van der Waals surface area (Å²) >= 11 is 6.61. The van der Waals surface area contributed by atoms with Crippen LogP contribution in [0.4, 0.5) is 18.9 Å². The summed E-state index contributed by atoms with van der Waals surface area (Å²) in [6.45, 7) is 3.33. The second-order valence-electron chi connectivity index (χ2n) is 6.91. The molecular formula is C20H23ClF3N3O. The van der Waals surface area contributed by atoms with Crippen molar-refractivity contribution in [3.05, 3.63) is 58.6 Å². The van der Waals surface area contributed by atoms with Crippen LogP contribution in [0.25, 0.3) is 0 Å². The van der Waals surface area contributed by atoms with Gasteiger partial charge in [-0.05, 0) is 35.4 Å². The quantitative estimate of drug-likeness (QED) is 0.791. The molecule has 0 aromatic heterocycles. The van der Waals surface area contributed by atoms with Gasteiger partial charge in [-0.2, -0.15) is 0 Å². The first-order valence-electron chi connectivity index (χ1n) is 9.02. The summed E-state index contributed by atoms with van der Waals surface area (Å²) in [7, 11) is 3.89. The van der Waals surface area contributed by atoms with Crippen LogP contribution in [-0.4, -0.2) is 51.5 Å². The maximum absolute atomic E-state index is 12.5. The second-order valence-corrected chi connectivity index (χ2v) is 7.31. The Morgan fingerprint density at radius 3 is 2.25 bits per heavy atom. The first-order chi connectivity index (χ1) is 13.2. The van der Waals surface area contributed by atoms with Gasteiger partial charge in [0.05, 0.1) is 6.04 Å². The fraction of sp³-hybridized carbons (Fsp3) is 0.400. The van der Waals surface area contributed by atoms with Crippen LogP contribution in [0.5, 0.6) is 5.75 Å². The topological polar surface area (TPSA) is 27.7 Å². The van der Waals surface area contributed by atoms with E-state index in [2.05, 4.69) is 15.0 Å². The van der Waals surface area contributed by atoms with E-state index in [4.69, 9.17) is 11.6 Å². The van der Waals surface area contributed by atoms with Crippen molar-refractivity contribution >= 4 is 17.3 Å². The van der Waals surface area contributed by atoms with E-state index in [0.29, 0.717) is 5.02 Å². The summed E-state index contributed by atoms with van der Waals surface area (Å²) in [6.07, 6.45) is -4.70. The third kappa shape index (κ3) is 5.10. The number of piperazine rings is 1. The number of hydrogen-bond acceptors (Lipinski definition) is 4. The van der Waals surface area contributed by atoms with Gasteiger partial charge in [0, 0.05) is 51.0 Å². The molecule has 0 saturated carbocycles. The molecule has 1 N–H and O–H groups in total. The van der Waals surface area contributed by atoms with Crippen LogP contribution in [0.15, 0.2) is 42.5 Å². The number of ether oxygens (including phenoxy) is 1. The molecule has 1 heterocycles. The molecule has 0 radical (unpaired) electrons. The van der Waals surface area contributed by atoms with Crippen LogP contribution in [0, 0.1) is 0 Å². The van der Waals surface area contributed by atoms with Crippen molar-refractivity contribution in [2.45, 2.75) is 12.4 Å². The lowest BCUT2D eigenvalue weighted by atomic mass is 9.96. The summed E-state index contributed by atoms with van der Waals surface area (Å²) in [5.74, 6) is -0.232.